The van der Waals surface area contributed by atoms with E-state index in [0.29, 0.717) is 6.42 Å². The average Bonchev–Trinajstić information content (AvgIpc) is 2.40. The van der Waals surface area contributed by atoms with Crippen molar-refractivity contribution in [1.29, 1.82) is 0 Å². The average molecular weight is 286 g/mol. The third-order valence-corrected chi connectivity index (χ3v) is 3.52. The number of nitrogens with one attached hydrogen (secondary N) is 2. The van der Waals surface area contributed by atoms with Gasteiger partial charge in [-0.1, -0.05) is 12.5 Å². The van der Waals surface area contributed by atoms with Crippen LogP contribution in [0.15, 0.2) is 18.2 Å². The lowest BCUT2D eigenvalue weighted by atomic mass is 10.0. The van der Waals surface area contributed by atoms with Gasteiger partial charge in [-0.15, -0.1) is 0 Å². The van der Waals surface area contributed by atoms with Crippen LogP contribution in [0.3, 0.4) is 0 Å². The molecule has 1 aliphatic heterocycles. The highest BCUT2D eigenvalue weighted by Gasteiger charge is 2.33. The van der Waals surface area contributed by atoms with Crippen LogP contribution < -0.4 is 10.6 Å². The van der Waals surface area contributed by atoms with Gasteiger partial charge in [0.05, 0.1) is 11.6 Å². The number of anilines is 1. The smallest absolute Gasteiger partial charge is 0.324 e. The largest absolute Gasteiger partial charge is 0.416 e. The summed E-state index contributed by atoms with van der Waals surface area (Å²) >= 11 is 0. The number of carbonyl (C=O) groups excluding carboxylic acids is 1. The number of rotatable bonds is 2. The van der Waals surface area contributed by atoms with Crippen LogP contribution in [0.5, 0.6) is 0 Å². The van der Waals surface area contributed by atoms with Crippen LogP contribution in [0.2, 0.25) is 0 Å². The summed E-state index contributed by atoms with van der Waals surface area (Å²) in [4.78, 5) is 12.0. The maximum Gasteiger partial charge on any atom is 0.416 e. The minimum atomic E-state index is -4.41. The summed E-state index contributed by atoms with van der Waals surface area (Å²) in [5, 5.41) is 5.66. The van der Waals surface area contributed by atoms with Gasteiger partial charge in [-0.3, -0.25) is 4.79 Å². The van der Waals surface area contributed by atoms with Crippen molar-refractivity contribution in [3.63, 3.8) is 0 Å². The van der Waals surface area contributed by atoms with Crippen molar-refractivity contribution in [2.75, 3.05) is 11.9 Å². The molecule has 6 heteroatoms. The lowest BCUT2D eigenvalue weighted by molar-refractivity contribution is -0.138. The van der Waals surface area contributed by atoms with Crippen molar-refractivity contribution >= 4 is 11.6 Å². The summed E-state index contributed by atoms with van der Waals surface area (Å²) in [6.45, 7) is 2.13. The highest BCUT2D eigenvalue weighted by atomic mass is 19.4. The van der Waals surface area contributed by atoms with Crippen molar-refractivity contribution in [2.24, 2.45) is 0 Å². The fourth-order valence-corrected chi connectivity index (χ4v) is 2.37. The van der Waals surface area contributed by atoms with Gasteiger partial charge in [-0.05, 0) is 44.0 Å². The first-order valence-corrected chi connectivity index (χ1v) is 6.60. The molecule has 1 aromatic rings. The highest BCUT2D eigenvalue weighted by molar-refractivity contribution is 5.95. The quantitative estimate of drug-likeness (QED) is 0.877. The Labute approximate surface area is 115 Å². The summed E-state index contributed by atoms with van der Waals surface area (Å²) in [5.41, 5.74) is -0.451. The molecular weight excluding hydrogens is 269 g/mol. The van der Waals surface area contributed by atoms with Crippen LogP contribution in [-0.2, 0) is 11.0 Å². The molecule has 0 spiro atoms. The van der Waals surface area contributed by atoms with Crippen LogP contribution in [0.1, 0.15) is 30.4 Å². The van der Waals surface area contributed by atoms with E-state index in [1.807, 2.05) is 0 Å². The molecule has 1 amide bonds. The van der Waals surface area contributed by atoms with Crippen LogP contribution >= 0.6 is 0 Å². The van der Waals surface area contributed by atoms with Crippen LogP contribution in [0, 0.1) is 6.92 Å². The third kappa shape index (κ3) is 3.30. The molecule has 0 aliphatic carbocycles. The predicted octanol–water partition coefficient (Wildman–Crippen LogP) is 3.09. The van der Waals surface area contributed by atoms with Crippen molar-refractivity contribution in [2.45, 2.75) is 38.4 Å². The molecule has 1 atom stereocenters. The molecule has 0 bridgehead atoms. The highest BCUT2D eigenvalue weighted by Crippen LogP contribution is 2.34. The molecule has 2 rings (SSSR count). The lowest BCUT2D eigenvalue weighted by Gasteiger charge is -2.23. The fraction of sp³-hybridized carbons (Fsp3) is 0.500. The Morgan fingerprint density at radius 3 is 2.70 bits per heavy atom. The summed E-state index contributed by atoms with van der Waals surface area (Å²) in [5.74, 6) is -0.271. The second kappa shape index (κ2) is 5.83. The normalized spacial score (nSPS) is 19.7. The second-order valence-corrected chi connectivity index (χ2v) is 4.97. The summed E-state index contributed by atoms with van der Waals surface area (Å²) < 4.78 is 38.4. The van der Waals surface area contributed by atoms with E-state index in [4.69, 9.17) is 0 Å². The number of hydrogen-bond acceptors (Lipinski definition) is 2. The van der Waals surface area contributed by atoms with Gasteiger partial charge in [0.15, 0.2) is 0 Å². The van der Waals surface area contributed by atoms with E-state index in [-0.39, 0.29) is 23.2 Å². The molecule has 2 N–H and O–H groups in total. The Balaban J connectivity index is 2.15. The Hall–Kier alpha value is -1.56. The summed E-state index contributed by atoms with van der Waals surface area (Å²) in [7, 11) is 0. The number of amides is 1. The van der Waals surface area contributed by atoms with Gasteiger partial charge in [-0.25, -0.2) is 0 Å². The van der Waals surface area contributed by atoms with E-state index in [9.17, 15) is 18.0 Å². The van der Waals surface area contributed by atoms with E-state index in [1.165, 1.54) is 19.1 Å². The zero-order valence-corrected chi connectivity index (χ0v) is 11.2. The first kappa shape index (κ1) is 14.8. The van der Waals surface area contributed by atoms with Gasteiger partial charge in [0, 0.05) is 5.69 Å². The Kier molecular flexibility index (Phi) is 4.32. The molecule has 1 saturated heterocycles. The van der Waals surface area contributed by atoms with E-state index < -0.39 is 11.7 Å². The summed E-state index contributed by atoms with van der Waals surface area (Å²) in [6.07, 6.45) is -1.73. The van der Waals surface area contributed by atoms with Crippen molar-refractivity contribution in [1.82, 2.24) is 5.32 Å². The molecule has 1 fully saturated rings. The standard InChI is InChI=1S/C14H17F3N2O/c1-9-10(14(15,16)17)5-4-7-11(9)19-13(20)12-6-2-3-8-18-12/h4-5,7,12,18H,2-3,6,8H2,1H3,(H,19,20). The molecule has 110 valence electrons. The third-order valence-electron chi connectivity index (χ3n) is 3.52. The van der Waals surface area contributed by atoms with E-state index in [1.54, 1.807) is 0 Å². The SMILES string of the molecule is Cc1c(NC(=O)C2CCCCN2)cccc1C(F)(F)F. The predicted molar refractivity (Wildman–Crippen MR) is 70.5 cm³/mol. The zero-order valence-electron chi connectivity index (χ0n) is 11.2. The van der Waals surface area contributed by atoms with Crippen molar-refractivity contribution in [3.05, 3.63) is 29.3 Å². The maximum absolute atomic E-state index is 12.8. The first-order valence-electron chi connectivity index (χ1n) is 6.60. The van der Waals surface area contributed by atoms with Gasteiger partial charge in [0.1, 0.15) is 0 Å². The van der Waals surface area contributed by atoms with Gasteiger partial charge < -0.3 is 10.6 Å². The molecular formula is C14H17F3N2O. The minimum Gasteiger partial charge on any atom is -0.324 e. The molecule has 0 radical (unpaired) electrons. The molecule has 0 aromatic heterocycles. The molecule has 3 nitrogen and oxygen atoms in total. The topological polar surface area (TPSA) is 41.1 Å². The van der Waals surface area contributed by atoms with Gasteiger partial charge in [0.25, 0.3) is 0 Å². The molecule has 1 aromatic carbocycles. The second-order valence-electron chi connectivity index (χ2n) is 4.97. The Bertz CT molecular complexity index is 494. The Morgan fingerprint density at radius 2 is 2.10 bits per heavy atom. The molecule has 1 unspecified atom stereocenters. The van der Waals surface area contributed by atoms with Gasteiger partial charge >= 0.3 is 6.18 Å². The first-order chi connectivity index (χ1) is 9.39. The van der Waals surface area contributed by atoms with Crippen LogP contribution in [0.25, 0.3) is 0 Å². The van der Waals surface area contributed by atoms with Crippen LogP contribution in [0.4, 0.5) is 18.9 Å². The Morgan fingerprint density at radius 1 is 1.35 bits per heavy atom. The number of alkyl halides is 3. The zero-order chi connectivity index (χ0) is 14.8. The fourth-order valence-electron chi connectivity index (χ4n) is 2.37. The van der Waals surface area contributed by atoms with E-state index >= 15 is 0 Å². The van der Waals surface area contributed by atoms with Crippen molar-refractivity contribution < 1.29 is 18.0 Å². The van der Waals surface area contributed by atoms with Gasteiger partial charge in [0.2, 0.25) is 5.91 Å². The molecule has 1 heterocycles. The number of benzene rings is 1. The number of halogens is 3. The minimum absolute atomic E-state index is 0.0455. The maximum atomic E-state index is 12.8. The molecule has 1 aliphatic rings. The number of piperidine rings is 1. The lowest BCUT2D eigenvalue weighted by Crippen LogP contribution is -2.43. The monoisotopic (exact) mass is 286 g/mol. The van der Waals surface area contributed by atoms with E-state index in [2.05, 4.69) is 10.6 Å². The van der Waals surface area contributed by atoms with E-state index in [0.717, 1.165) is 25.5 Å². The molecule has 0 saturated carbocycles. The van der Waals surface area contributed by atoms with Crippen molar-refractivity contribution in [3.8, 4) is 0 Å². The van der Waals surface area contributed by atoms with Gasteiger partial charge in [-0.2, -0.15) is 13.2 Å². The summed E-state index contributed by atoms with van der Waals surface area (Å²) in [6, 6.07) is 3.49. The van der Waals surface area contributed by atoms with Crippen LogP contribution in [-0.4, -0.2) is 18.5 Å². The molecule has 20 heavy (non-hydrogen) atoms. The number of hydrogen-bond donors (Lipinski definition) is 2. The number of carbonyl (C=O) groups is 1.